The molecule has 0 bridgehead atoms. The Morgan fingerprint density at radius 2 is 1.89 bits per heavy atom. The Labute approximate surface area is 104 Å². The molecule has 0 unspecified atom stereocenters. The summed E-state index contributed by atoms with van der Waals surface area (Å²) in [6.45, 7) is 0.440. The van der Waals surface area contributed by atoms with E-state index in [-0.39, 0.29) is 12.4 Å². The average molecular weight is 246 g/mol. The van der Waals surface area contributed by atoms with Crippen LogP contribution in [0.2, 0.25) is 0 Å². The summed E-state index contributed by atoms with van der Waals surface area (Å²) in [5.41, 5.74) is 0.662. The Bertz CT molecular complexity index is 526. The van der Waals surface area contributed by atoms with Crippen molar-refractivity contribution in [2.45, 2.75) is 6.61 Å². The highest BCUT2D eigenvalue weighted by molar-refractivity contribution is 5.39. The highest BCUT2D eigenvalue weighted by atomic mass is 19.1. The Morgan fingerprint density at radius 1 is 1.11 bits per heavy atom. The number of para-hydroxylation sites is 1. The van der Waals surface area contributed by atoms with Gasteiger partial charge in [0.25, 0.3) is 6.47 Å². The van der Waals surface area contributed by atoms with Gasteiger partial charge in [-0.2, -0.15) is 0 Å². The lowest BCUT2D eigenvalue weighted by atomic mass is 10.2. The molecule has 0 radical (unpaired) electrons. The number of carbonyl (C=O) groups excluding carboxylic acids is 1. The number of benzene rings is 2. The molecule has 0 fully saturated rings. The minimum atomic E-state index is -0.464. The zero-order valence-corrected chi connectivity index (χ0v) is 9.51. The van der Waals surface area contributed by atoms with Crippen LogP contribution in [-0.4, -0.2) is 6.47 Å². The molecule has 0 atom stereocenters. The summed E-state index contributed by atoms with van der Waals surface area (Å²) < 4.78 is 23.6. The van der Waals surface area contributed by atoms with Gasteiger partial charge >= 0.3 is 0 Å². The summed E-state index contributed by atoms with van der Waals surface area (Å²) in [5, 5.41) is 0. The van der Waals surface area contributed by atoms with Crippen LogP contribution in [0.4, 0.5) is 4.39 Å². The van der Waals surface area contributed by atoms with Crippen molar-refractivity contribution in [3.63, 3.8) is 0 Å². The Morgan fingerprint density at radius 3 is 2.61 bits per heavy atom. The molecule has 0 heterocycles. The topological polar surface area (TPSA) is 35.5 Å². The molecular formula is C14H11FO3. The lowest BCUT2D eigenvalue weighted by Gasteiger charge is -2.08. The van der Waals surface area contributed by atoms with Crippen molar-refractivity contribution in [3.05, 3.63) is 59.9 Å². The van der Waals surface area contributed by atoms with Crippen molar-refractivity contribution >= 4 is 6.47 Å². The van der Waals surface area contributed by atoms with Crippen LogP contribution in [0.3, 0.4) is 0 Å². The molecule has 4 heteroatoms. The number of carbonyl (C=O) groups is 1. The Hall–Kier alpha value is -2.36. The number of ether oxygens (including phenoxy) is 2. The fourth-order valence-electron chi connectivity index (χ4n) is 1.46. The maximum Gasteiger partial charge on any atom is 0.293 e. The molecule has 0 aliphatic rings. The molecule has 0 aliphatic heterocycles. The van der Waals surface area contributed by atoms with Crippen LogP contribution in [0.15, 0.2) is 48.5 Å². The van der Waals surface area contributed by atoms with Crippen LogP contribution >= 0.6 is 0 Å². The molecule has 0 saturated carbocycles. The second kappa shape index (κ2) is 5.82. The first-order chi connectivity index (χ1) is 8.79. The zero-order chi connectivity index (χ0) is 12.8. The molecule has 0 spiro atoms. The van der Waals surface area contributed by atoms with E-state index < -0.39 is 5.82 Å². The maximum absolute atomic E-state index is 13.5. The van der Waals surface area contributed by atoms with Gasteiger partial charge in [-0.15, -0.1) is 0 Å². The molecule has 0 aromatic heterocycles. The summed E-state index contributed by atoms with van der Waals surface area (Å²) >= 11 is 0. The second-order valence-electron chi connectivity index (χ2n) is 3.59. The molecule has 2 aromatic rings. The first kappa shape index (κ1) is 12.1. The third-order valence-corrected chi connectivity index (χ3v) is 2.28. The lowest BCUT2D eigenvalue weighted by molar-refractivity contribution is -0.129. The van der Waals surface area contributed by atoms with Gasteiger partial charge in [0.1, 0.15) is 12.4 Å². The smallest absolute Gasteiger partial charge is 0.293 e. The predicted octanol–water partition coefficient (Wildman–Crippen LogP) is 3.29. The van der Waals surface area contributed by atoms with Crippen LogP contribution in [0.25, 0.3) is 0 Å². The SMILES string of the molecule is O=COCc1ccc(F)c(Oc2ccccc2)c1. The van der Waals surface area contributed by atoms with Gasteiger partial charge in [0.2, 0.25) is 0 Å². The van der Waals surface area contributed by atoms with Crippen LogP contribution in [-0.2, 0) is 16.1 Å². The second-order valence-corrected chi connectivity index (χ2v) is 3.59. The van der Waals surface area contributed by atoms with Gasteiger partial charge in [0, 0.05) is 0 Å². The summed E-state index contributed by atoms with van der Waals surface area (Å²) in [7, 11) is 0. The van der Waals surface area contributed by atoms with Crippen LogP contribution < -0.4 is 4.74 Å². The fourth-order valence-corrected chi connectivity index (χ4v) is 1.46. The molecule has 0 N–H and O–H groups in total. The van der Waals surface area contributed by atoms with Crippen LogP contribution in [0, 0.1) is 5.82 Å². The average Bonchev–Trinajstić information content (AvgIpc) is 2.41. The summed E-state index contributed by atoms with van der Waals surface area (Å²) in [6.07, 6.45) is 0. The van der Waals surface area contributed by atoms with Crippen molar-refractivity contribution in [1.82, 2.24) is 0 Å². The van der Waals surface area contributed by atoms with E-state index in [1.54, 1.807) is 24.3 Å². The van der Waals surface area contributed by atoms with Gasteiger partial charge in [-0.25, -0.2) is 4.39 Å². The third kappa shape index (κ3) is 3.07. The summed E-state index contributed by atoms with van der Waals surface area (Å²) in [6, 6.07) is 13.2. The van der Waals surface area contributed by atoms with E-state index in [2.05, 4.69) is 4.74 Å². The predicted molar refractivity (Wildman–Crippen MR) is 63.8 cm³/mol. The van der Waals surface area contributed by atoms with E-state index >= 15 is 0 Å². The maximum atomic E-state index is 13.5. The molecule has 0 aliphatic carbocycles. The highest BCUT2D eigenvalue weighted by Gasteiger charge is 2.06. The molecule has 18 heavy (non-hydrogen) atoms. The van der Waals surface area contributed by atoms with Crippen molar-refractivity contribution in [2.24, 2.45) is 0 Å². The fraction of sp³-hybridized carbons (Fsp3) is 0.0714. The van der Waals surface area contributed by atoms with E-state index in [4.69, 9.17) is 4.74 Å². The van der Waals surface area contributed by atoms with Crippen molar-refractivity contribution in [3.8, 4) is 11.5 Å². The van der Waals surface area contributed by atoms with Gasteiger partial charge in [-0.3, -0.25) is 4.79 Å². The number of halogens is 1. The van der Waals surface area contributed by atoms with E-state index in [0.717, 1.165) is 0 Å². The number of rotatable bonds is 5. The van der Waals surface area contributed by atoms with E-state index in [9.17, 15) is 9.18 Å². The zero-order valence-electron chi connectivity index (χ0n) is 9.51. The molecule has 92 valence electrons. The molecule has 0 amide bonds. The van der Waals surface area contributed by atoms with Crippen molar-refractivity contribution in [1.29, 1.82) is 0 Å². The highest BCUT2D eigenvalue weighted by Crippen LogP contribution is 2.25. The van der Waals surface area contributed by atoms with Gasteiger partial charge in [-0.1, -0.05) is 24.3 Å². The molecule has 2 rings (SSSR count). The number of hydrogen-bond acceptors (Lipinski definition) is 3. The number of hydrogen-bond donors (Lipinski definition) is 0. The minimum absolute atomic E-state index is 0.0922. The summed E-state index contributed by atoms with van der Waals surface area (Å²) in [4.78, 5) is 10.1. The van der Waals surface area contributed by atoms with E-state index in [0.29, 0.717) is 17.8 Å². The van der Waals surface area contributed by atoms with Gasteiger partial charge in [0.05, 0.1) is 0 Å². The molecule has 3 nitrogen and oxygen atoms in total. The van der Waals surface area contributed by atoms with Gasteiger partial charge < -0.3 is 9.47 Å². The van der Waals surface area contributed by atoms with Gasteiger partial charge in [-0.05, 0) is 29.8 Å². The molecule has 0 saturated heterocycles. The lowest BCUT2D eigenvalue weighted by Crippen LogP contribution is -1.94. The Balaban J connectivity index is 2.18. The van der Waals surface area contributed by atoms with Crippen LogP contribution in [0.5, 0.6) is 11.5 Å². The van der Waals surface area contributed by atoms with E-state index in [1.165, 1.54) is 18.2 Å². The summed E-state index contributed by atoms with van der Waals surface area (Å²) in [5.74, 6) is 0.187. The monoisotopic (exact) mass is 246 g/mol. The normalized spacial score (nSPS) is 9.83. The van der Waals surface area contributed by atoms with Crippen molar-refractivity contribution in [2.75, 3.05) is 0 Å². The minimum Gasteiger partial charge on any atom is -0.463 e. The van der Waals surface area contributed by atoms with E-state index in [1.807, 2.05) is 6.07 Å². The standard InChI is InChI=1S/C14H11FO3/c15-13-7-6-11(9-17-10-16)8-14(13)18-12-4-2-1-3-5-12/h1-8,10H,9H2. The first-order valence-corrected chi connectivity index (χ1v) is 5.36. The third-order valence-electron chi connectivity index (χ3n) is 2.28. The molecular weight excluding hydrogens is 235 g/mol. The largest absolute Gasteiger partial charge is 0.463 e. The Kier molecular flexibility index (Phi) is 3.91. The van der Waals surface area contributed by atoms with Crippen LogP contribution in [0.1, 0.15) is 5.56 Å². The quantitative estimate of drug-likeness (QED) is 0.759. The van der Waals surface area contributed by atoms with Crippen molar-refractivity contribution < 1.29 is 18.7 Å². The molecule has 2 aromatic carbocycles. The first-order valence-electron chi connectivity index (χ1n) is 5.36. The van der Waals surface area contributed by atoms with Gasteiger partial charge in [0.15, 0.2) is 11.6 Å².